The van der Waals surface area contributed by atoms with Crippen LogP contribution in [0.15, 0.2) is 18.2 Å². The van der Waals surface area contributed by atoms with Gasteiger partial charge in [-0.3, -0.25) is 9.69 Å². The summed E-state index contributed by atoms with van der Waals surface area (Å²) in [4.78, 5) is 16.4. The second-order valence-electron chi connectivity index (χ2n) is 6.35. The molecule has 3 rings (SSSR count). The van der Waals surface area contributed by atoms with Crippen LogP contribution in [0.2, 0.25) is 5.02 Å². The summed E-state index contributed by atoms with van der Waals surface area (Å²) < 4.78 is 13.9. The SMILES string of the molecule is Cl.Cl.O=C(CC1CCCN1)N1CCN(Cc2c(F)cccc2Cl)CC1. The first kappa shape index (κ1) is 22.5. The summed E-state index contributed by atoms with van der Waals surface area (Å²) in [6.45, 7) is 4.45. The molecular weight excluding hydrogens is 388 g/mol. The Kier molecular flexibility index (Phi) is 9.46. The van der Waals surface area contributed by atoms with Gasteiger partial charge in [-0.25, -0.2) is 4.39 Å². The number of hydrogen-bond donors (Lipinski definition) is 1. The van der Waals surface area contributed by atoms with E-state index in [2.05, 4.69) is 10.2 Å². The van der Waals surface area contributed by atoms with E-state index in [1.165, 1.54) is 6.07 Å². The normalized spacial score (nSPS) is 20.7. The first-order chi connectivity index (χ1) is 11.1. The van der Waals surface area contributed by atoms with Gasteiger partial charge in [0.05, 0.1) is 0 Å². The molecule has 0 saturated carbocycles. The molecule has 2 aliphatic heterocycles. The highest BCUT2D eigenvalue weighted by molar-refractivity contribution is 6.31. The molecule has 1 atom stereocenters. The number of amides is 1. The van der Waals surface area contributed by atoms with Crippen molar-refractivity contribution in [1.29, 1.82) is 0 Å². The fourth-order valence-corrected chi connectivity index (χ4v) is 3.56. The molecule has 0 radical (unpaired) electrons. The molecule has 25 heavy (non-hydrogen) atoms. The molecule has 0 aliphatic carbocycles. The van der Waals surface area contributed by atoms with Gasteiger partial charge in [-0.15, -0.1) is 24.8 Å². The standard InChI is InChI=1S/C17H23ClFN3O.2ClH/c18-15-4-1-5-16(19)14(15)12-21-7-9-22(10-8-21)17(23)11-13-3-2-6-20-13;;/h1,4-5,13,20H,2-3,6-12H2;2*1H. The Morgan fingerprint density at radius 1 is 1.24 bits per heavy atom. The first-order valence-corrected chi connectivity index (χ1v) is 8.67. The Bertz CT molecular complexity index is 542. The van der Waals surface area contributed by atoms with Crippen LogP contribution in [0.25, 0.3) is 0 Å². The van der Waals surface area contributed by atoms with Crippen molar-refractivity contribution in [3.63, 3.8) is 0 Å². The summed E-state index contributed by atoms with van der Waals surface area (Å²) in [6.07, 6.45) is 2.85. The number of nitrogens with zero attached hydrogens (tertiary/aromatic N) is 2. The van der Waals surface area contributed by atoms with Crippen molar-refractivity contribution in [2.24, 2.45) is 0 Å². The zero-order valence-electron chi connectivity index (χ0n) is 14.0. The Labute approximate surface area is 165 Å². The van der Waals surface area contributed by atoms with Gasteiger partial charge < -0.3 is 10.2 Å². The highest BCUT2D eigenvalue weighted by Gasteiger charge is 2.25. The second kappa shape index (κ2) is 10.5. The molecular formula is C17H25Cl3FN3O. The largest absolute Gasteiger partial charge is 0.340 e. The third kappa shape index (κ3) is 5.97. The van der Waals surface area contributed by atoms with Crippen molar-refractivity contribution in [3.8, 4) is 0 Å². The molecule has 0 spiro atoms. The minimum atomic E-state index is -0.261. The van der Waals surface area contributed by atoms with Gasteiger partial charge in [0, 0.05) is 55.8 Å². The number of carbonyl (C=O) groups excluding carboxylic acids is 1. The van der Waals surface area contributed by atoms with Crippen LogP contribution in [0.3, 0.4) is 0 Å². The maximum atomic E-state index is 13.9. The number of hydrogen-bond acceptors (Lipinski definition) is 3. The second-order valence-corrected chi connectivity index (χ2v) is 6.76. The fraction of sp³-hybridized carbons (Fsp3) is 0.588. The van der Waals surface area contributed by atoms with Gasteiger partial charge in [-0.05, 0) is 31.5 Å². The van der Waals surface area contributed by atoms with Gasteiger partial charge in [0.2, 0.25) is 5.91 Å². The summed E-state index contributed by atoms with van der Waals surface area (Å²) in [6, 6.07) is 5.12. The van der Waals surface area contributed by atoms with Gasteiger partial charge in [-0.2, -0.15) is 0 Å². The summed E-state index contributed by atoms with van der Waals surface area (Å²) in [5, 5.41) is 3.83. The van der Waals surface area contributed by atoms with Crippen LogP contribution in [0, 0.1) is 5.82 Å². The molecule has 1 unspecified atom stereocenters. The van der Waals surface area contributed by atoms with Crippen molar-refractivity contribution in [2.45, 2.75) is 31.8 Å². The van der Waals surface area contributed by atoms with Crippen LogP contribution >= 0.6 is 36.4 Å². The van der Waals surface area contributed by atoms with E-state index < -0.39 is 0 Å². The lowest BCUT2D eigenvalue weighted by Crippen LogP contribution is -2.49. The van der Waals surface area contributed by atoms with Crippen molar-refractivity contribution in [3.05, 3.63) is 34.6 Å². The van der Waals surface area contributed by atoms with Gasteiger partial charge in [0.15, 0.2) is 0 Å². The maximum Gasteiger partial charge on any atom is 0.224 e. The van der Waals surface area contributed by atoms with Crippen molar-refractivity contribution in [1.82, 2.24) is 15.1 Å². The van der Waals surface area contributed by atoms with E-state index in [1.54, 1.807) is 12.1 Å². The fourth-order valence-electron chi connectivity index (χ4n) is 3.33. The van der Waals surface area contributed by atoms with E-state index in [0.29, 0.717) is 42.7 Å². The lowest BCUT2D eigenvalue weighted by atomic mass is 10.1. The molecule has 2 aliphatic rings. The highest BCUT2D eigenvalue weighted by Crippen LogP contribution is 2.21. The highest BCUT2D eigenvalue weighted by atomic mass is 35.5. The lowest BCUT2D eigenvalue weighted by molar-refractivity contribution is -0.133. The number of carbonyl (C=O) groups is 1. The smallest absolute Gasteiger partial charge is 0.224 e. The van der Waals surface area contributed by atoms with Gasteiger partial charge in [0.25, 0.3) is 0 Å². The average Bonchev–Trinajstić information content (AvgIpc) is 3.04. The predicted octanol–water partition coefficient (Wildman–Crippen LogP) is 3.11. The molecule has 2 fully saturated rings. The molecule has 1 N–H and O–H groups in total. The molecule has 1 amide bonds. The molecule has 4 nitrogen and oxygen atoms in total. The van der Waals surface area contributed by atoms with E-state index in [1.807, 2.05) is 4.90 Å². The molecule has 0 aromatic heterocycles. The Hall–Kier alpha value is -0.590. The van der Waals surface area contributed by atoms with Crippen LogP contribution in [-0.2, 0) is 11.3 Å². The predicted molar refractivity (Wildman–Crippen MR) is 103 cm³/mol. The minimum absolute atomic E-state index is 0. The zero-order valence-corrected chi connectivity index (χ0v) is 16.4. The van der Waals surface area contributed by atoms with E-state index in [9.17, 15) is 9.18 Å². The summed E-state index contributed by atoms with van der Waals surface area (Å²) in [5.74, 6) is -0.0312. The topological polar surface area (TPSA) is 35.6 Å². The summed E-state index contributed by atoms with van der Waals surface area (Å²) in [5.41, 5.74) is 0.545. The number of halogens is 4. The third-order valence-corrected chi connectivity index (χ3v) is 5.11. The average molecular weight is 413 g/mol. The Balaban J connectivity index is 0.00000156. The van der Waals surface area contributed by atoms with Crippen LogP contribution in [-0.4, -0.2) is 54.5 Å². The van der Waals surface area contributed by atoms with E-state index in [-0.39, 0.29) is 36.5 Å². The molecule has 0 bridgehead atoms. The molecule has 2 saturated heterocycles. The molecule has 1 aromatic rings. The molecule has 2 heterocycles. The van der Waals surface area contributed by atoms with Crippen LogP contribution in [0.1, 0.15) is 24.8 Å². The van der Waals surface area contributed by atoms with Crippen molar-refractivity contribution >= 4 is 42.3 Å². The van der Waals surface area contributed by atoms with E-state index in [0.717, 1.165) is 32.5 Å². The monoisotopic (exact) mass is 411 g/mol. The van der Waals surface area contributed by atoms with Crippen LogP contribution in [0.4, 0.5) is 4.39 Å². The third-order valence-electron chi connectivity index (χ3n) is 4.75. The number of rotatable bonds is 4. The first-order valence-electron chi connectivity index (χ1n) is 8.30. The van der Waals surface area contributed by atoms with E-state index in [4.69, 9.17) is 11.6 Å². The minimum Gasteiger partial charge on any atom is -0.340 e. The van der Waals surface area contributed by atoms with Gasteiger partial charge in [0.1, 0.15) is 5.82 Å². The van der Waals surface area contributed by atoms with Gasteiger partial charge >= 0.3 is 0 Å². The van der Waals surface area contributed by atoms with Crippen LogP contribution in [0.5, 0.6) is 0 Å². The molecule has 142 valence electrons. The van der Waals surface area contributed by atoms with E-state index >= 15 is 0 Å². The van der Waals surface area contributed by atoms with Gasteiger partial charge in [-0.1, -0.05) is 17.7 Å². The van der Waals surface area contributed by atoms with Crippen molar-refractivity contribution in [2.75, 3.05) is 32.7 Å². The Morgan fingerprint density at radius 3 is 2.56 bits per heavy atom. The number of nitrogens with one attached hydrogen (secondary N) is 1. The molecule has 8 heteroatoms. The zero-order chi connectivity index (χ0) is 16.2. The summed E-state index contributed by atoms with van der Waals surface area (Å²) >= 11 is 6.08. The van der Waals surface area contributed by atoms with Crippen molar-refractivity contribution < 1.29 is 9.18 Å². The number of benzene rings is 1. The molecule has 1 aromatic carbocycles. The summed E-state index contributed by atoms with van der Waals surface area (Å²) in [7, 11) is 0. The maximum absolute atomic E-state index is 13.9. The Morgan fingerprint density at radius 2 is 1.96 bits per heavy atom. The lowest BCUT2D eigenvalue weighted by Gasteiger charge is -2.35. The quantitative estimate of drug-likeness (QED) is 0.825. The van der Waals surface area contributed by atoms with Crippen LogP contribution < -0.4 is 5.32 Å². The number of piperazine rings is 1.